The van der Waals surface area contributed by atoms with Gasteiger partial charge in [0.1, 0.15) is 15.4 Å². The molecule has 0 saturated carbocycles. The van der Waals surface area contributed by atoms with Crippen LogP contribution in [0.2, 0.25) is 0 Å². The first-order chi connectivity index (χ1) is 13.2. The van der Waals surface area contributed by atoms with E-state index in [0.717, 1.165) is 20.9 Å². The van der Waals surface area contributed by atoms with Crippen LogP contribution in [0.15, 0.2) is 66.9 Å². The molecule has 2 aromatic carbocycles. The van der Waals surface area contributed by atoms with Gasteiger partial charge in [0.15, 0.2) is 18.2 Å². The lowest BCUT2D eigenvalue weighted by molar-refractivity contribution is -0.118. The molecule has 0 aliphatic carbocycles. The third-order valence-electron chi connectivity index (χ3n) is 3.76. The minimum Gasteiger partial charge on any atom is -0.481 e. The lowest BCUT2D eigenvalue weighted by Crippen LogP contribution is -2.20. The number of halogens is 1. The van der Waals surface area contributed by atoms with Crippen LogP contribution in [0.5, 0.6) is 5.75 Å². The first-order valence-corrected chi connectivity index (χ1v) is 9.00. The van der Waals surface area contributed by atoms with E-state index in [1.165, 1.54) is 23.5 Å². The molecule has 0 aliphatic heterocycles. The van der Waals surface area contributed by atoms with Crippen molar-refractivity contribution < 1.29 is 13.9 Å². The molecule has 0 bridgehead atoms. The number of para-hydroxylation sites is 1. The highest BCUT2D eigenvalue weighted by atomic mass is 32.1. The number of carbonyl (C=O) groups excluding carboxylic acids is 1. The number of fused-ring (bicyclic) bond motifs is 1. The molecular weight excluding hydrogens is 365 g/mol. The monoisotopic (exact) mass is 379 g/mol. The summed E-state index contributed by atoms with van der Waals surface area (Å²) in [5, 5.41) is 3.57. The van der Waals surface area contributed by atoms with Gasteiger partial charge in [-0.15, -0.1) is 0 Å². The molecule has 2 aromatic heterocycles. The van der Waals surface area contributed by atoms with E-state index in [2.05, 4.69) is 15.3 Å². The quantitative estimate of drug-likeness (QED) is 0.554. The van der Waals surface area contributed by atoms with Gasteiger partial charge in [0, 0.05) is 17.4 Å². The Morgan fingerprint density at radius 3 is 2.85 bits per heavy atom. The minimum absolute atomic E-state index is 0.0448. The average Bonchev–Trinajstić information content (AvgIpc) is 3.12. The van der Waals surface area contributed by atoms with Gasteiger partial charge in [0.25, 0.3) is 5.91 Å². The van der Waals surface area contributed by atoms with Crippen LogP contribution in [0.4, 0.5) is 10.1 Å². The van der Waals surface area contributed by atoms with E-state index < -0.39 is 5.82 Å². The van der Waals surface area contributed by atoms with Crippen LogP contribution >= 0.6 is 11.3 Å². The number of nitrogens with zero attached hydrogens (tertiary/aromatic N) is 2. The molecule has 0 unspecified atom stereocenters. The fourth-order valence-electron chi connectivity index (χ4n) is 2.53. The standard InChI is InChI=1S/C20H14FN3O2S/c21-15-7-1-2-9-17(15)26-12-18(25)23-14-6-3-5-13(11-14)19-24-16-8-4-10-22-20(16)27-19/h1-11H,12H2,(H,23,25). The number of carbonyl (C=O) groups is 1. The Labute approximate surface area is 158 Å². The summed E-state index contributed by atoms with van der Waals surface area (Å²) in [5.74, 6) is -0.832. The minimum atomic E-state index is -0.503. The van der Waals surface area contributed by atoms with Gasteiger partial charge < -0.3 is 10.1 Å². The number of aromatic nitrogens is 2. The van der Waals surface area contributed by atoms with E-state index in [-0.39, 0.29) is 18.3 Å². The zero-order chi connectivity index (χ0) is 18.6. The van der Waals surface area contributed by atoms with Crippen molar-refractivity contribution in [1.29, 1.82) is 0 Å². The summed E-state index contributed by atoms with van der Waals surface area (Å²) in [5.41, 5.74) is 2.33. The highest BCUT2D eigenvalue weighted by Crippen LogP contribution is 2.30. The normalized spacial score (nSPS) is 10.7. The van der Waals surface area contributed by atoms with Crippen molar-refractivity contribution in [1.82, 2.24) is 9.97 Å². The third-order valence-corrected chi connectivity index (χ3v) is 4.78. The van der Waals surface area contributed by atoms with Crippen LogP contribution in [-0.4, -0.2) is 22.5 Å². The summed E-state index contributed by atoms with van der Waals surface area (Å²) in [7, 11) is 0. The largest absolute Gasteiger partial charge is 0.481 e. The zero-order valence-electron chi connectivity index (χ0n) is 14.1. The number of pyridine rings is 1. The van der Waals surface area contributed by atoms with Crippen molar-refractivity contribution in [3.05, 3.63) is 72.7 Å². The SMILES string of the molecule is O=C(COc1ccccc1F)Nc1cccc(-c2nc3cccnc3s2)c1. The van der Waals surface area contributed by atoms with Gasteiger partial charge in [0.05, 0.1) is 0 Å². The van der Waals surface area contributed by atoms with Crippen LogP contribution in [0, 0.1) is 5.82 Å². The van der Waals surface area contributed by atoms with Crippen molar-refractivity contribution in [2.24, 2.45) is 0 Å². The number of benzene rings is 2. The Hall–Kier alpha value is -3.32. The number of hydrogen-bond acceptors (Lipinski definition) is 5. The molecule has 4 aromatic rings. The molecule has 0 radical (unpaired) electrons. The van der Waals surface area contributed by atoms with Crippen LogP contribution in [0.25, 0.3) is 20.9 Å². The fourth-order valence-corrected chi connectivity index (χ4v) is 3.43. The highest BCUT2D eigenvalue weighted by Gasteiger charge is 2.10. The molecule has 1 N–H and O–H groups in total. The van der Waals surface area contributed by atoms with Crippen molar-refractivity contribution in [2.45, 2.75) is 0 Å². The summed E-state index contributed by atoms with van der Waals surface area (Å²) in [6.07, 6.45) is 1.73. The molecule has 4 rings (SSSR count). The average molecular weight is 379 g/mol. The summed E-state index contributed by atoms with van der Waals surface area (Å²) < 4.78 is 18.7. The Morgan fingerprint density at radius 2 is 2.00 bits per heavy atom. The van der Waals surface area contributed by atoms with Crippen molar-refractivity contribution in [3.63, 3.8) is 0 Å². The molecule has 0 saturated heterocycles. The van der Waals surface area contributed by atoms with E-state index in [0.29, 0.717) is 5.69 Å². The van der Waals surface area contributed by atoms with Gasteiger partial charge in [-0.05, 0) is 36.4 Å². The molecule has 0 fully saturated rings. The van der Waals surface area contributed by atoms with Gasteiger partial charge in [-0.2, -0.15) is 0 Å². The number of ether oxygens (including phenoxy) is 1. The molecule has 7 heteroatoms. The Balaban J connectivity index is 1.46. The lowest BCUT2D eigenvalue weighted by atomic mass is 10.2. The van der Waals surface area contributed by atoms with E-state index >= 15 is 0 Å². The molecule has 0 aliphatic rings. The van der Waals surface area contributed by atoms with Crippen LogP contribution in [-0.2, 0) is 4.79 Å². The van der Waals surface area contributed by atoms with Gasteiger partial charge in [0.2, 0.25) is 0 Å². The number of amides is 1. The molecule has 0 spiro atoms. The summed E-state index contributed by atoms with van der Waals surface area (Å²) in [6, 6.07) is 17.1. The highest BCUT2D eigenvalue weighted by molar-refractivity contribution is 7.21. The number of anilines is 1. The fraction of sp³-hybridized carbons (Fsp3) is 0.0500. The summed E-state index contributed by atoms with van der Waals surface area (Å²) in [6.45, 7) is -0.282. The van der Waals surface area contributed by atoms with Gasteiger partial charge >= 0.3 is 0 Å². The number of hydrogen-bond donors (Lipinski definition) is 1. The molecule has 27 heavy (non-hydrogen) atoms. The lowest BCUT2D eigenvalue weighted by Gasteiger charge is -2.08. The maximum Gasteiger partial charge on any atom is 0.262 e. The smallest absolute Gasteiger partial charge is 0.262 e. The number of thiazole rings is 1. The molecule has 5 nitrogen and oxygen atoms in total. The molecule has 0 atom stereocenters. The van der Waals surface area contributed by atoms with Gasteiger partial charge in [-0.1, -0.05) is 35.6 Å². The molecule has 1 amide bonds. The molecular formula is C20H14FN3O2S. The second-order valence-corrected chi connectivity index (χ2v) is 6.67. The maximum absolute atomic E-state index is 13.5. The third kappa shape index (κ3) is 3.93. The van der Waals surface area contributed by atoms with E-state index in [9.17, 15) is 9.18 Å². The molecule has 2 heterocycles. The Bertz CT molecular complexity index is 1080. The predicted octanol–water partition coefficient (Wildman–Crippen LogP) is 4.51. The van der Waals surface area contributed by atoms with Crippen molar-refractivity contribution >= 4 is 33.3 Å². The summed E-state index contributed by atoms with van der Waals surface area (Å²) in [4.78, 5) is 21.8. The second kappa shape index (κ2) is 7.51. The van der Waals surface area contributed by atoms with E-state index in [1.807, 2.05) is 30.3 Å². The van der Waals surface area contributed by atoms with Crippen LogP contribution < -0.4 is 10.1 Å². The summed E-state index contributed by atoms with van der Waals surface area (Å²) >= 11 is 1.49. The molecule has 134 valence electrons. The first kappa shape index (κ1) is 17.1. The second-order valence-electron chi connectivity index (χ2n) is 5.69. The maximum atomic E-state index is 13.5. The van der Waals surface area contributed by atoms with Crippen molar-refractivity contribution in [3.8, 4) is 16.3 Å². The van der Waals surface area contributed by atoms with Crippen LogP contribution in [0.1, 0.15) is 0 Å². The van der Waals surface area contributed by atoms with E-state index in [1.54, 1.807) is 24.4 Å². The number of nitrogens with one attached hydrogen (secondary N) is 1. The topological polar surface area (TPSA) is 64.1 Å². The predicted molar refractivity (Wildman–Crippen MR) is 103 cm³/mol. The Morgan fingerprint density at radius 1 is 1.11 bits per heavy atom. The number of rotatable bonds is 5. The van der Waals surface area contributed by atoms with Crippen molar-refractivity contribution in [2.75, 3.05) is 11.9 Å². The van der Waals surface area contributed by atoms with Crippen LogP contribution in [0.3, 0.4) is 0 Å². The first-order valence-electron chi connectivity index (χ1n) is 8.18. The Kier molecular flexibility index (Phi) is 4.76. The van der Waals surface area contributed by atoms with Gasteiger partial charge in [-0.3, -0.25) is 4.79 Å². The zero-order valence-corrected chi connectivity index (χ0v) is 14.9. The van der Waals surface area contributed by atoms with E-state index in [4.69, 9.17) is 4.74 Å². The van der Waals surface area contributed by atoms with Gasteiger partial charge in [-0.25, -0.2) is 14.4 Å².